The number of imide groups is 1. The van der Waals surface area contributed by atoms with Crippen molar-refractivity contribution in [1.29, 1.82) is 0 Å². The summed E-state index contributed by atoms with van der Waals surface area (Å²) < 4.78 is 0. The van der Waals surface area contributed by atoms with Gasteiger partial charge in [-0.25, -0.2) is 0 Å². The summed E-state index contributed by atoms with van der Waals surface area (Å²) in [5, 5.41) is 1.11. The number of aromatic nitrogens is 1. The molecule has 0 saturated heterocycles. The highest BCUT2D eigenvalue weighted by Crippen LogP contribution is 2.19. The minimum atomic E-state index is -0.432. The molecule has 0 atom stereocenters. The minimum absolute atomic E-state index is 0.106. The van der Waals surface area contributed by atoms with Crippen molar-refractivity contribution >= 4 is 40.4 Å². The summed E-state index contributed by atoms with van der Waals surface area (Å²) >= 11 is 5.83. The maximum Gasteiger partial charge on any atom is 0.271 e. The summed E-state index contributed by atoms with van der Waals surface area (Å²) in [6, 6.07) is 9.61. The molecule has 0 aliphatic carbocycles. The lowest BCUT2D eigenvalue weighted by atomic mass is 10.1. The van der Waals surface area contributed by atoms with Gasteiger partial charge in [0.05, 0.1) is 5.52 Å². The number of halogens is 1. The van der Waals surface area contributed by atoms with Gasteiger partial charge in [-0.1, -0.05) is 29.8 Å². The van der Waals surface area contributed by atoms with E-state index in [1.54, 1.807) is 25.3 Å². The number of rotatable bonds is 2. The van der Waals surface area contributed by atoms with E-state index in [9.17, 15) is 9.59 Å². The first-order valence-electron chi connectivity index (χ1n) is 7.31. The summed E-state index contributed by atoms with van der Waals surface area (Å²) in [4.78, 5) is 29.9. The van der Waals surface area contributed by atoms with Crippen LogP contribution in [-0.2, 0) is 9.59 Å². The van der Waals surface area contributed by atoms with Crippen LogP contribution in [0.25, 0.3) is 17.0 Å². The first kappa shape index (κ1) is 15.4. The van der Waals surface area contributed by atoms with Crippen molar-refractivity contribution < 1.29 is 9.59 Å². The number of hydrogen-bond acceptors (Lipinski definition) is 3. The summed E-state index contributed by atoms with van der Waals surface area (Å²) in [7, 11) is 0. The van der Waals surface area contributed by atoms with Crippen LogP contribution in [0.1, 0.15) is 18.9 Å². The van der Waals surface area contributed by atoms with Gasteiger partial charge in [-0.15, -0.1) is 0 Å². The Balaban J connectivity index is 1.87. The Bertz CT molecular complexity index is 855. The van der Waals surface area contributed by atoms with Crippen LogP contribution >= 0.6 is 11.6 Å². The van der Waals surface area contributed by atoms with Crippen LogP contribution < -0.4 is 0 Å². The normalized spacial score (nSPS) is 15.7. The predicted octanol–water partition coefficient (Wildman–Crippen LogP) is 3.52. The van der Waals surface area contributed by atoms with Crippen molar-refractivity contribution in [1.82, 2.24) is 9.88 Å². The third kappa shape index (κ3) is 3.17. The Morgan fingerprint density at radius 1 is 1.35 bits per heavy atom. The van der Waals surface area contributed by atoms with Gasteiger partial charge in [0.15, 0.2) is 0 Å². The zero-order chi connectivity index (χ0) is 16.4. The van der Waals surface area contributed by atoms with E-state index in [2.05, 4.69) is 4.98 Å². The van der Waals surface area contributed by atoms with Crippen LogP contribution in [0.4, 0.5) is 0 Å². The quantitative estimate of drug-likeness (QED) is 0.793. The number of nitrogens with zero attached hydrogens (tertiary/aromatic N) is 2. The summed E-state index contributed by atoms with van der Waals surface area (Å²) in [6.07, 6.45) is 5.74. The molecule has 5 heteroatoms. The van der Waals surface area contributed by atoms with Gasteiger partial charge in [-0.3, -0.25) is 19.5 Å². The van der Waals surface area contributed by atoms with Gasteiger partial charge in [0.25, 0.3) is 11.8 Å². The molecule has 2 heterocycles. The molecule has 0 fully saturated rings. The number of hydrogen-bond donors (Lipinski definition) is 0. The van der Waals surface area contributed by atoms with Gasteiger partial charge in [-0.2, -0.15) is 0 Å². The van der Waals surface area contributed by atoms with Crippen molar-refractivity contribution in [3.63, 3.8) is 0 Å². The third-order valence-corrected chi connectivity index (χ3v) is 4.03. The predicted molar refractivity (Wildman–Crippen MR) is 90.7 cm³/mol. The maximum absolute atomic E-state index is 12.5. The van der Waals surface area contributed by atoms with Crippen molar-refractivity contribution in [3.05, 3.63) is 58.8 Å². The zero-order valence-corrected chi connectivity index (χ0v) is 13.4. The van der Waals surface area contributed by atoms with Crippen molar-refractivity contribution in [2.75, 3.05) is 6.54 Å². The molecule has 1 aliphatic heterocycles. The van der Waals surface area contributed by atoms with Crippen LogP contribution in [0.5, 0.6) is 0 Å². The molecule has 0 bridgehead atoms. The average molecular weight is 327 g/mol. The molecule has 2 aromatic rings. The Morgan fingerprint density at radius 3 is 3.00 bits per heavy atom. The Hall–Kier alpha value is -2.46. The standard InChI is InChI=1S/C18H15ClN2O2/c1-12(17(22)21-9-3-5-15(19)18(21)23)10-13-6-7-16-14(11-13)4-2-8-20-16/h2,4-8,10-11H,3,9H2,1H3/b12-10+. The van der Waals surface area contributed by atoms with Crippen molar-refractivity contribution in [2.45, 2.75) is 13.3 Å². The topological polar surface area (TPSA) is 50.3 Å². The molecule has 0 N–H and O–H groups in total. The summed E-state index contributed by atoms with van der Waals surface area (Å²) in [5.74, 6) is -0.745. The highest BCUT2D eigenvalue weighted by molar-refractivity contribution is 6.43. The molecule has 0 spiro atoms. The second-order valence-corrected chi connectivity index (χ2v) is 5.79. The molecule has 4 nitrogen and oxygen atoms in total. The first-order chi connectivity index (χ1) is 11.1. The molecule has 0 saturated carbocycles. The Morgan fingerprint density at radius 2 is 2.17 bits per heavy atom. The van der Waals surface area contributed by atoms with Gasteiger partial charge in [0, 0.05) is 23.7 Å². The maximum atomic E-state index is 12.5. The van der Waals surface area contributed by atoms with Gasteiger partial charge >= 0.3 is 0 Å². The second-order valence-electron chi connectivity index (χ2n) is 5.39. The van der Waals surface area contributed by atoms with Crippen LogP contribution in [-0.4, -0.2) is 28.2 Å². The van der Waals surface area contributed by atoms with Crippen molar-refractivity contribution in [3.8, 4) is 0 Å². The fourth-order valence-corrected chi connectivity index (χ4v) is 2.75. The van der Waals surface area contributed by atoms with E-state index in [1.165, 1.54) is 4.90 Å². The molecule has 23 heavy (non-hydrogen) atoms. The minimum Gasteiger partial charge on any atom is -0.274 e. The highest BCUT2D eigenvalue weighted by atomic mass is 35.5. The summed E-state index contributed by atoms with van der Waals surface area (Å²) in [6.45, 7) is 2.07. The number of pyridine rings is 1. The van der Waals surface area contributed by atoms with Gasteiger partial charge in [0.2, 0.25) is 0 Å². The fourth-order valence-electron chi connectivity index (χ4n) is 2.54. The van der Waals surface area contributed by atoms with Crippen LogP contribution in [0.2, 0.25) is 0 Å². The number of carbonyl (C=O) groups excluding carboxylic acids is 2. The molecular formula is C18H15ClN2O2. The molecule has 1 aromatic heterocycles. The molecule has 3 rings (SSSR count). The van der Waals surface area contributed by atoms with E-state index in [-0.39, 0.29) is 10.9 Å². The lowest BCUT2D eigenvalue weighted by molar-refractivity contribution is -0.139. The SMILES string of the molecule is C/C(=C\c1ccc2ncccc2c1)C(=O)N1CCC=C(Cl)C1=O. The molecule has 0 unspecified atom stereocenters. The van der Waals surface area contributed by atoms with Crippen LogP contribution in [0.3, 0.4) is 0 Å². The van der Waals surface area contributed by atoms with E-state index in [1.807, 2.05) is 30.3 Å². The summed E-state index contributed by atoms with van der Waals surface area (Å²) in [5.41, 5.74) is 2.28. The van der Waals surface area contributed by atoms with Gasteiger partial charge in [-0.05, 0) is 43.2 Å². The van der Waals surface area contributed by atoms with Crippen molar-refractivity contribution in [2.24, 2.45) is 0 Å². The van der Waals surface area contributed by atoms with Crippen LogP contribution in [0.15, 0.2) is 53.2 Å². The lowest BCUT2D eigenvalue weighted by Gasteiger charge is -2.23. The molecule has 0 radical (unpaired) electrons. The molecule has 116 valence electrons. The van der Waals surface area contributed by atoms with E-state index >= 15 is 0 Å². The largest absolute Gasteiger partial charge is 0.274 e. The first-order valence-corrected chi connectivity index (χ1v) is 7.69. The Labute approximate surface area is 139 Å². The highest BCUT2D eigenvalue weighted by Gasteiger charge is 2.26. The number of fused-ring (bicyclic) bond motifs is 1. The fraction of sp³-hybridized carbons (Fsp3) is 0.167. The van der Waals surface area contributed by atoms with E-state index in [0.717, 1.165) is 16.5 Å². The van der Waals surface area contributed by atoms with E-state index in [4.69, 9.17) is 11.6 Å². The smallest absolute Gasteiger partial charge is 0.271 e. The van der Waals surface area contributed by atoms with Gasteiger partial charge < -0.3 is 0 Å². The Kier molecular flexibility index (Phi) is 4.26. The molecule has 1 aliphatic rings. The second kappa shape index (κ2) is 6.34. The number of amides is 2. The van der Waals surface area contributed by atoms with E-state index < -0.39 is 5.91 Å². The number of benzene rings is 1. The monoisotopic (exact) mass is 326 g/mol. The molecular weight excluding hydrogens is 312 g/mol. The van der Waals surface area contributed by atoms with Crippen LogP contribution in [0, 0.1) is 0 Å². The molecule has 2 amide bonds. The third-order valence-electron chi connectivity index (χ3n) is 3.72. The van der Waals surface area contributed by atoms with E-state index in [0.29, 0.717) is 18.5 Å². The average Bonchev–Trinajstić information content (AvgIpc) is 2.56. The zero-order valence-electron chi connectivity index (χ0n) is 12.6. The lowest BCUT2D eigenvalue weighted by Crippen LogP contribution is -2.40. The number of carbonyl (C=O) groups is 2. The van der Waals surface area contributed by atoms with Gasteiger partial charge in [0.1, 0.15) is 5.03 Å². The molecule has 1 aromatic carbocycles.